The summed E-state index contributed by atoms with van der Waals surface area (Å²) in [5, 5.41) is 0. The first-order valence-electron chi connectivity index (χ1n) is 3.13. The van der Waals surface area contributed by atoms with Crippen LogP contribution in [-0.4, -0.2) is 20.8 Å². The molecule has 58 valence electrons. The van der Waals surface area contributed by atoms with Crippen molar-refractivity contribution in [3.63, 3.8) is 0 Å². The van der Waals surface area contributed by atoms with Crippen molar-refractivity contribution in [3.8, 4) is 0 Å². The molecule has 10 heavy (non-hydrogen) atoms. The van der Waals surface area contributed by atoms with E-state index in [-0.39, 0.29) is 5.75 Å². The Hall–Kier alpha value is -0.350. The molecule has 0 aliphatic carbocycles. The summed E-state index contributed by atoms with van der Waals surface area (Å²) in [6, 6.07) is 0. The molecule has 0 spiro atoms. The summed E-state index contributed by atoms with van der Waals surface area (Å²) >= 11 is 0. The fourth-order valence-electron chi connectivity index (χ4n) is 0.860. The van der Waals surface area contributed by atoms with E-state index >= 15 is 0 Å². The molecular weight excluding hydrogens is 152 g/mol. The third kappa shape index (κ3) is 2.11. The van der Waals surface area contributed by atoms with Crippen LogP contribution in [-0.2, 0) is 14.3 Å². The van der Waals surface area contributed by atoms with Crippen molar-refractivity contribution in [2.24, 2.45) is 0 Å². The minimum absolute atomic E-state index is 0.0486. The van der Waals surface area contributed by atoms with Crippen molar-refractivity contribution in [2.45, 2.75) is 13.3 Å². The minimum Gasteiger partial charge on any atom is -0.270 e. The van der Waals surface area contributed by atoms with Gasteiger partial charge < -0.3 is 0 Å². The molecule has 0 unspecified atom stereocenters. The predicted octanol–water partition coefficient (Wildman–Crippen LogP) is 0.683. The lowest BCUT2D eigenvalue weighted by molar-refractivity contribution is 0.329. The predicted molar refractivity (Wildman–Crippen MR) is 38.1 cm³/mol. The van der Waals surface area contributed by atoms with Gasteiger partial charge in [-0.3, -0.25) is 4.18 Å². The Bertz CT molecular complexity index is 238. The SMILES string of the molecule is CC1=CCCOS(=O)(=O)C1. The lowest BCUT2D eigenvalue weighted by Crippen LogP contribution is -2.09. The van der Waals surface area contributed by atoms with Gasteiger partial charge >= 0.3 is 0 Å². The zero-order valence-corrected chi connectivity index (χ0v) is 6.65. The maximum absolute atomic E-state index is 10.8. The Labute approximate surface area is 60.8 Å². The van der Waals surface area contributed by atoms with Crippen LogP contribution < -0.4 is 0 Å². The van der Waals surface area contributed by atoms with Crippen molar-refractivity contribution in [2.75, 3.05) is 12.4 Å². The average molecular weight is 162 g/mol. The summed E-state index contributed by atoms with van der Waals surface area (Å²) in [5.74, 6) is 0.0486. The number of hydrogen-bond acceptors (Lipinski definition) is 3. The Morgan fingerprint density at radius 1 is 1.60 bits per heavy atom. The average Bonchev–Trinajstić information content (AvgIpc) is 1.90. The van der Waals surface area contributed by atoms with Gasteiger partial charge in [0.25, 0.3) is 10.1 Å². The van der Waals surface area contributed by atoms with E-state index in [0.29, 0.717) is 13.0 Å². The van der Waals surface area contributed by atoms with Crippen LogP contribution in [0.15, 0.2) is 11.6 Å². The summed E-state index contributed by atoms with van der Waals surface area (Å²) < 4.78 is 26.2. The summed E-state index contributed by atoms with van der Waals surface area (Å²) in [6.07, 6.45) is 2.59. The number of rotatable bonds is 0. The molecule has 3 nitrogen and oxygen atoms in total. The fourth-order valence-corrected chi connectivity index (χ4v) is 1.97. The molecule has 0 N–H and O–H groups in total. The van der Waals surface area contributed by atoms with Crippen molar-refractivity contribution in [1.29, 1.82) is 0 Å². The lowest BCUT2D eigenvalue weighted by Gasteiger charge is -1.98. The second-order valence-corrected chi connectivity index (χ2v) is 4.00. The van der Waals surface area contributed by atoms with Gasteiger partial charge in [0.05, 0.1) is 12.4 Å². The third-order valence-electron chi connectivity index (χ3n) is 1.28. The molecule has 0 aromatic rings. The molecule has 0 fully saturated rings. The lowest BCUT2D eigenvalue weighted by atomic mass is 10.3. The third-order valence-corrected chi connectivity index (χ3v) is 2.61. The van der Waals surface area contributed by atoms with E-state index in [1.807, 2.05) is 6.08 Å². The van der Waals surface area contributed by atoms with Gasteiger partial charge in [-0.2, -0.15) is 8.42 Å². The highest BCUT2D eigenvalue weighted by Crippen LogP contribution is 2.08. The van der Waals surface area contributed by atoms with E-state index in [9.17, 15) is 8.42 Å². The summed E-state index contributed by atoms with van der Waals surface area (Å²) in [6.45, 7) is 2.09. The molecule has 0 radical (unpaired) electrons. The quantitative estimate of drug-likeness (QED) is 0.388. The van der Waals surface area contributed by atoms with E-state index in [2.05, 4.69) is 4.18 Å². The first kappa shape index (κ1) is 7.75. The Morgan fingerprint density at radius 3 is 3.00 bits per heavy atom. The highest BCUT2D eigenvalue weighted by molar-refractivity contribution is 7.86. The van der Waals surface area contributed by atoms with Gasteiger partial charge in [0.15, 0.2) is 0 Å². The minimum atomic E-state index is -3.24. The Kier molecular flexibility index (Phi) is 2.11. The largest absolute Gasteiger partial charge is 0.271 e. The molecule has 1 aliphatic rings. The van der Waals surface area contributed by atoms with Crippen LogP contribution in [0, 0.1) is 0 Å². The highest BCUT2D eigenvalue weighted by Gasteiger charge is 2.13. The van der Waals surface area contributed by atoms with Crippen LogP contribution in [0.4, 0.5) is 0 Å². The molecule has 0 aromatic carbocycles. The zero-order valence-electron chi connectivity index (χ0n) is 5.83. The van der Waals surface area contributed by atoms with Crippen molar-refractivity contribution in [1.82, 2.24) is 0 Å². The maximum atomic E-state index is 10.8. The summed E-state index contributed by atoms with van der Waals surface area (Å²) in [7, 11) is -3.24. The van der Waals surface area contributed by atoms with Gasteiger partial charge in [0, 0.05) is 0 Å². The van der Waals surface area contributed by atoms with Crippen molar-refractivity contribution < 1.29 is 12.6 Å². The van der Waals surface area contributed by atoms with E-state index in [1.165, 1.54) is 0 Å². The Balaban J connectivity index is 2.79. The first-order valence-corrected chi connectivity index (χ1v) is 4.71. The molecule has 0 bridgehead atoms. The highest BCUT2D eigenvalue weighted by atomic mass is 32.2. The van der Waals surface area contributed by atoms with Gasteiger partial charge in [0.2, 0.25) is 0 Å². The van der Waals surface area contributed by atoms with Gasteiger partial charge in [-0.15, -0.1) is 0 Å². The molecular formula is C6H10O3S. The molecule has 1 aliphatic heterocycles. The molecule has 0 atom stereocenters. The fraction of sp³-hybridized carbons (Fsp3) is 0.667. The molecule has 0 saturated heterocycles. The molecule has 1 heterocycles. The first-order chi connectivity index (χ1) is 4.60. The van der Waals surface area contributed by atoms with E-state index in [4.69, 9.17) is 0 Å². The van der Waals surface area contributed by atoms with Gasteiger partial charge in [-0.25, -0.2) is 0 Å². The molecule has 0 saturated carbocycles. The maximum Gasteiger partial charge on any atom is 0.271 e. The molecule has 0 amide bonds. The van der Waals surface area contributed by atoms with Crippen LogP contribution >= 0.6 is 0 Å². The normalized spacial score (nSPS) is 25.1. The van der Waals surface area contributed by atoms with E-state index < -0.39 is 10.1 Å². The molecule has 1 rings (SSSR count). The van der Waals surface area contributed by atoms with Crippen LogP contribution in [0.5, 0.6) is 0 Å². The summed E-state index contributed by atoms with van der Waals surface area (Å²) in [5.41, 5.74) is 0.873. The topological polar surface area (TPSA) is 43.4 Å². The standard InChI is InChI=1S/C6H10O3S/c1-6-3-2-4-9-10(7,8)5-6/h3H,2,4-5H2,1H3. The van der Waals surface area contributed by atoms with Gasteiger partial charge in [-0.05, 0) is 13.3 Å². The Morgan fingerprint density at radius 2 is 2.30 bits per heavy atom. The molecule has 0 aromatic heterocycles. The van der Waals surface area contributed by atoms with Crippen LogP contribution in [0.1, 0.15) is 13.3 Å². The van der Waals surface area contributed by atoms with Crippen LogP contribution in [0.3, 0.4) is 0 Å². The monoisotopic (exact) mass is 162 g/mol. The van der Waals surface area contributed by atoms with Crippen LogP contribution in [0.2, 0.25) is 0 Å². The number of hydrogen-bond donors (Lipinski definition) is 0. The second kappa shape index (κ2) is 2.72. The summed E-state index contributed by atoms with van der Waals surface area (Å²) in [4.78, 5) is 0. The van der Waals surface area contributed by atoms with E-state index in [1.54, 1.807) is 6.92 Å². The van der Waals surface area contributed by atoms with Crippen molar-refractivity contribution >= 4 is 10.1 Å². The van der Waals surface area contributed by atoms with E-state index in [0.717, 1.165) is 5.57 Å². The van der Waals surface area contributed by atoms with Gasteiger partial charge in [-0.1, -0.05) is 11.6 Å². The van der Waals surface area contributed by atoms with Crippen LogP contribution in [0.25, 0.3) is 0 Å². The smallest absolute Gasteiger partial charge is 0.270 e. The van der Waals surface area contributed by atoms with Gasteiger partial charge in [0.1, 0.15) is 0 Å². The molecule has 4 heteroatoms. The zero-order chi connectivity index (χ0) is 7.61. The second-order valence-electron chi connectivity index (χ2n) is 2.36. The van der Waals surface area contributed by atoms with Crippen molar-refractivity contribution in [3.05, 3.63) is 11.6 Å².